The van der Waals surface area contributed by atoms with Crippen molar-refractivity contribution < 1.29 is 9.13 Å². The van der Waals surface area contributed by atoms with E-state index in [-0.39, 0.29) is 11.9 Å². The minimum Gasteiger partial charge on any atom is -0.376 e. The van der Waals surface area contributed by atoms with Crippen LogP contribution >= 0.6 is 0 Å². The fourth-order valence-corrected chi connectivity index (χ4v) is 8.98. The number of nitrogens with one attached hydrogen (secondary N) is 4. The van der Waals surface area contributed by atoms with E-state index in [4.69, 9.17) is 4.74 Å². The van der Waals surface area contributed by atoms with Crippen LogP contribution in [-0.2, 0) is 30.9 Å². The van der Waals surface area contributed by atoms with Crippen LogP contribution < -0.4 is 21.3 Å². The average molecular weight is 804 g/mol. The van der Waals surface area contributed by atoms with E-state index in [1.807, 2.05) is 18.2 Å². The zero-order chi connectivity index (χ0) is 41.3. The summed E-state index contributed by atoms with van der Waals surface area (Å²) in [6.07, 6.45) is 4.46. The zero-order valence-corrected chi connectivity index (χ0v) is 35.2. The first-order valence-corrected chi connectivity index (χ1v) is 21.7. The molecule has 2 fully saturated rings. The van der Waals surface area contributed by atoms with Gasteiger partial charge in [0.2, 0.25) is 0 Å². The van der Waals surface area contributed by atoms with E-state index in [9.17, 15) is 4.39 Å². The van der Waals surface area contributed by atoms with Crippen LogP contribution in [0.2, 0.25) is 0 Å². The molecule has 0 spiro atoms. The van der Waals surface area contributed by atoms with Gasteiger partial charge in [0.25, 0.3) is 0 Å². The summed E-state index contributed by atoms with van der Waals surface area (Å²) in [5, 5.41) is 16.9. The Morgan fingerprint density at radius 1 is 0.667 bits per heavy atom. The molecule has 8 rings (SSSR count). The molecule has 2 saturated heterocycles. The Kier molecular flexibility index (Phi) is 13.5. The second-order valence-electron chi connectivity index (χ2n) is 16.2. The van der Waals surface area contributed by atoms with Crippen LogP contribution in [0.1, 0.15) is 62.0 Å². The quantitative estimate of drug-likeness (QED) is 0.0878. The number of benzene rings is 4. The SMILES string of the molecule is CCn1c(C#CCNc2ccc(F)cc2)cc2cc(CNC3CCOC(C4CC(NCc5ccc6c(c5)cc(C#CCNc5ccccc5)n6CC)CCN4C)C3)ccc21. The van der Waals surface area contributed by atoms with Gasteiger partial charge in [-0.2, -0.15) is 0 Å². The lowest BCUT2D eigenvalue weighted by Crippen LogP contribution is -2.55. The number of nitrogens with zero attached hydrogens (tertiary/aromatic N) is 3. The van der Waals surface area contributed by atoms with Gasteiger partial charge in [-0.15, -0.1) is 0 Å². The smallest absolute Gasteiger partial charge is 0.123 e. The number of piperidine rings is 1. The molecule has 0 amide bonds. The lowest BCUT2D eigenvalue weighted by Gasteiger charge is -2.44. The number of halogens is 1. The number of rotatable bonds is 13. The van der Waals surface area contributed by atoms with Crippen molar-refractivity contribution in [3.05, 3.63) is 131 Å². The van der Waals surface area contributed by atoms with E-state index in [1.54, 1.807) is 12.1 Å². The number of para-hydroxylation sites is 1. The summed E-state index contributed by atoms with van der Waals surface area (Å²) in [5.74, 6) is 13.1. The molecule has 2 aliphatic rings. The summed E-state index contributed by atoms with van der Waals surface area (Å²) in [6, 6.07) is 35.9. The lowest BCUT2D eigenvalue weighted by molar-refractivity contribution is -0.0595. The Morgan fingerprint density at radius 2 is 1.23 bits per heavy atom. The van der Waals surface area contributed by atoms with Gasteiger partial charge in [0.15, 0.2) is 0 Å². The molecule has 60 heavy (non-hydrogen) atoms. The highest BCUT2D eigenvalue weighted by Gasteiger charge is 2.36. The number of likely N-dealkylation sites (tertiary alicyclic amines) is 1. The average Bonchev–Trinajstić information content (AvgIpc) is 3.82. The van der Waals surface area contributed by atoms with Crippen molar-refractivity contribution in [2.45, 2.75) is 89.9 Å². The molecule has 4 N–H and O–H groups in total. The second-order valence-corrected chi connectivity index (χ2v) is 16.2. The molecule has 2 aliphatic heterocycles. The number of fused-ring (bicyclic) bond motifs is 2. The second kappa shape index (κ2) is 19.7. The Balaban J connectivity index is 0.833. The van der Waals surface area contributed by atoms with Crippen molar-refractivity contribution in [1.29, 1.82) is 0 Å². The van der Waals surface area contributed by atoms with Crippen molar-refractivity contribution >= 4 is 33.2 Å². The van der Waals surface area contributed by atoms with Gasteiger partial charge < -0.3 is 40.0 Å². The number of anilines is 2. The van der Waals surface area contributed by atoms with E-state index in [2.05, 4.69) is 141 Å². The molecular formula is C51H58FN7O. The first kappa shape index (κ1) is 41.2. The summed E-state index contributed by atoms with van der Waals surface area (Å²) >= 11 is 0. The Hall–Kier alpha value is -5.55. The molecule has 2 aromatic heterocycles. The van der Waals surface area contributed by atoms with Crippen molar-refractivity contribution in [1.82, 2.24) is 24.7 Å². The van der Waals surface area contributed by atoms with Crippen molar-refractivity contribution in [3.8, 4) is 23.7 Å². The Labute approximate surface area is 354 Å². The highest BCUT2D eigenvalue weighted by molar-refractivity contribution is 5.84. The van der Waals surface area contributed by atoms with Crippen LogP contribution in [-0.4, -0.2) is 71.6 Å². The van der Waals surface area contributed by atoms with E-state index in [0.717, 1.165) is 87.8 Å². The minimum absolute atomic E-state index is 0.207. The predicted octanol–water partition coefficient (Wildman–Crippen LogP) is 8.59. The molecule has 4 aromatic carbocycles. The van der Waals surface area contributed by atoms with Crippen LogP contribution in [0.5, 0.6) is 0 Å². The molecule has 4 unspecified atom stereocenters. The monoisotopic (exact) mass is 803 g/mol. The first-order chi connectivity index (χ1) is 29.4. The normalized spacial score (nSPS) is 19.4. The van der Waals surface area contributed by atoms with Crippen molar-refractivity contribution in [2.75, 3.05) is 43.9 Å². The van der Waals surface area contributed by atoms with Crippen molar-refractivity contribution in [3.63, 3.8) is 0 Å². The Bertz CT molecular complexity index is 2490. The van der Waals surface area contributed by atoms with Gasteiger partial charge in [0.05, 0.1) is 30.6 Å². The summed E-state index contributed by atoms with van der Waals surface area (Å²) in [7, 11) is 2.27. The number of aromatic nitrogens is 2. The molecule has 0 saturated carbocycles. The third kappa shape index (κ3) is 10.1. The van der Waals surface area contributed by atoms with Crippen LogP contribution in [0.25, 0.3) is 21.8 Å². The highest BCUT2D eigenvalue weighted by Crippen LogP contribution is 2.28. The van der Waals surface area contributed by atoms with Gasteiger partial charge in [-0.1, -0.05) is 42.2 Å². The van der Waals surface area contributed by atoms with Crippen LogP contribution in [0, 0.1) is 29.5 Å². The molecule has 4 atom stereocenters. The van der Waals surface area contributed by atoms with Gasteiger partial charge in [0, 0.05) is 84.1 Å². The van der Waals surface area contributed by atoms with Gasteiger partial charge >= 0.3 is 0 Å². The third-order valence-electron chi connectivity index (χ3n) is 12.2. The number of hydrogen-bond donors (Lipinski definition) is 4. The standard InChI is InChI=1S/C51H58FN7O/c1-4-58-46(13-9-25-53-42-11-7-6-8-12-42)31-39-29-37(15-21-48(39)58)35-55-44-23-27-57(3)50(33-44)51-34-45(24-28-60-51)56-36-38-16-22-49-40(30-38)32-47(59(49)5-2)14-10-26-54-43-19-17-41(52)18-20-43/h6-8,11-12,15-22,29-32,44-45,50-51,53-56H,4-5,23-28,33-36H2,1-3H3. The largest absolute Gasteiger partial charge is 0.376 e. The number of hydrogen-bond acceptors (Lipinski definition) is 6. The third-order valence-corrected chi connectivity index (χ3v) is 12.2. The lowest BCUT2D eigenvalue weighted by atomic mass is 9.88. The zero-order valence-electron chi connectivity index (χ0n) is 35.2. The Morgan fingerprint density at radius 3 is 1.82 bits per heavy atom. The van der Waals surface area contributed by atoms with Crippen LogP contribution in [0.4, 0.5) is 15.8 Å². The summed E-state index contributed by atoms with van der Waals surface area (Å²) in [5.41, 5.74) is 9.02. The molecule has 0 radical (unpaired) electrons. The van der Waals surface area contributed by atoms with Gasteiger partial charge in [-0.3, -0.25) is 0 Å². The maximum Gasteiger partial charge on any atom is 0.123 e. The fraction of sp³-hybridized carbons (Fsp3) is 0.373. The molecule has 4 heterocycles. The fourth-order valence-electron chi connectivity index (χ4n) is 8.98. The molecule has 310 valence electrons. The highest BCUT2D eigenvalue weighted by atomic mass is 19.1. The van der Waals surface area contributed by atoms with Gasteiger partial charge in [-0.25, -0.2) is 4.39 Å². The molecule has 0 bridgehead atoms. The molecule has 9 heteroatoms. The van der Waals surface area contributed by atoms with Crippen LogP contribution in [0.3, 0.4) is 0 Å². The van der Waals surface area contributed by atoms with Gasteiger partial charge in [-0.05, 0) is 149 Å². The van der Waals surface area contributed by atoms with Crippen molar-refractivity contribution in [2.24, 2.45) is 0 Å². The van der Waals surface area contributed by atoms with Gasteiger partial charge in [0.1, 0.15) is 5.82 Å². The first-order valence-electron chi connectivity index (χ1n) is 21.7. The predicted molar refractivity (Wildman–Crippen MR) is 245 cm³/mol. The minimum atomic E-state index is -0.241. The molecular weight excluding hydrogens is 746 g/mol. The summed E-state index contributed by atoms with van der Waals surface area (Å²) in [4.78, 5) is 2.52. The van der Waals surface area contributed by atoms with E-state index in [1.165, 1.54) is 45.1 Å². The molecule has 6 aromatic rings. The van der Waals surface area contributed by atoms with Crippen LogP contribution in [0.15, 0.2) is 103 Å². The van der Waals surface area contributed by atoms with E-state index in [0.29, 0.717) is 31.2 Å². The summed E-state index contributed by atoms with van der Waals surface area (Å²) < 4.78 is 24.3. The molecule has 8 nitrogen and oxygen atoms in total. The maximum absolute atomic E-state index is 13.2. The number of likely N-dealkylation sites (N-methyl/N-ethyl adjacent to an activating group) is 1. The van der Waals surface area contributed by atoms with E-state index >= 15 is 0 Å². The topological polar surface area (TPSA) is 70.5 Å². The maximum atomic E-state index is 13.2. The number of aryl methyl sites for hydroxylation is 2. The summed E-state index contributed by atoms with van der Waals surface area (Å²) in [6.45, 7) is 10.7. The van der Waals surface area contributed by atoms with E-state index < -0.39 is 0 Å². The number of ether oxygens (including phenoxy) is 1. The molecule has 0 aliphatic carbocycles.